The first kappa shape index (κ1) is 15.1. The van der Waals surface area contributed by atoms with Crippen LogP contribution in [0.1, 0.15) is 39.5 Å². The molecule has 5 heteroatoms. The van der Waals surface area contributed by atoms with Gasteiger partial charge in [-0.1, -0.05) is 20.3 Å². The van der Waals surface area contributed by atoms with E-state index >= 15 is 0 Å². The molecule has 114 valence electrons. The maximum Gasteiger partial charge on any atom is 0.317 e. The van der Waals surface area contributed by atoms with Crippen molar-refractivity contribution >= 4 is 12.0 Å². The van der Waals surface area contributed by atoms with Gasteiger partial charge in [0.2, 0.25) is 0 Å². The highest BCUT2D eigenvalue weighted by Crippen LogP contribution is 2.29. The van der Waals surface area contributed by atoms with Crippen molar-refractivity contribution in [2.75, 3.05) is 19.6 Å². The van der Waals surface area contributed by atoms with E-state index in [4.69, 9.17) is 5.11 Å². The third-order valence-corrected chi connectivity index (χ3v) is 4.64. The van der Waals surface area contributed by atoms with Crippen molar-refractivity contribution < 1.29 is 14.7 Å². The Balaban J connectivity index is 1.80. The lowest BCUT2D eigenvalue weighted by atomic mass is 9.91. The molecular formula is C15H26N2O3. The van der Waals surface area contributed by atoms with Gasteiger partial charge in [0, 0.05) is 19.6 Å². The Morgan fingerprint density at radius 3 is 2.50 bits per heavy atom. The quantitative estimate of drug-likeness (QED) is 0.833. The summed E-state index contributed by atoms with van der Waals surface area (Å²) in [6.45, 7) is 5.99. The average molecular weight is 282 g/mol. The number of aliphatic carboxylic acids is 1. The first-order chi connectivity index (χ1) is 9.45. The molecular weight excluding hydrogens is 256 g/mol. The van der Waals surface area contributed by atoms with Crippen molar-refractivity contribution in [3.63, 3.8) is 0 Å². The zero-order chi connectivity index (χ0) is 14.7. The van der Waals surface area contributed by atoms with Crippen LogP contribution < -0.4 is 5.32 Å². The van der Waals surface area contributed by atoms with Crippen LogP contribution in [0.4, 0.5) is 4.79 Å². The van der Waals surface area contributed by atoms with Gasteiger partial charge in [-0.15, -0.1) is 0 Å². The van der Waals surface area contributed by atoms with Crippen molar-refractivity contribution in [3.05, 3.63) is 0 Å². The fourth-order valence-corrected chi connectivity index (χ4v) is 3.55. The first-order valence-corrected chi connectivity index (χ1v) is 7.71. The molecule has 1 heterocycles. The van der Waals surface area contributed by atoms with Gasteiger partial charge in [0.25, 0.3) is 0 Å². The van der Waals surface area contributed by atoms with Gasteiger partial charge in [0.05, 0.1) is 5.92 Å². The first-order valence-electron chi connectivity index (χ1n) is 7.71. The number of nitrogens with zero attached hydrogens (tertiary/aromatic N) is 1. The van der Waals surface area contributed by atoms with Crippen molar-refractivity contribution in [2.24, 2.45) is 23.7 Å². The summed E-state index contributed by atoms with van der Waals surface area (Å²) in [6, 6.07) is -0.0950. The molecule has 2 rings (SSSR count). The highest BCUT2D eigenvalue weighted by atomic mass is 16.4. The number of hydrogen-bond acceptors (Lipinski definition) is 2. The van der Waals surface area contributed by atoms with Crippen LogP contribution in [0, 0.1) is 23.7 Å². The minimum absolute atomic E-state index is 0.0950. The van der Waals surface area contributed by atoms with E-state index in [9.17, 15) is 9.59 Å². The number of amides is 2. The van der Waals surface area contributed by atoms with Gasteiger partial charge in [-0.25, -0.2) is 4.79 Å². The van der Waals surface area contributed by atoms with E-state index in [0.29, 0.717) is 25.4 Å². The van der Waals surface area contributed by atoms with Crippen molar-refractivity contribution in [3.8, 4) is 0 Å². The summed E-state index contributed by atoms with van der Waals surface area (Å²) in [5.41, 5.74) is 0. The number of piperidine rings is 1. The number of hydrogen-bond donors (Lipinski definition) is 2. The molecule has 0 aromatic heterocycles. The number of urea groups is 1. The molecule has 4 atom stereocenters. The Bertz CT molecular complexity index is 372. The molecule has 2 amide bonds. The van der Waals surface area contributed by atoms with E-state index in [1.807, 2.05) is 6.92 Å². The molecule has 0 bridgehead atoms. The highest BCUT2D eigenvalue weighted by Gasteiger charge is 2.32. The Labute approximate surface area is 120 Å². The summed E-state index contributed by atoms with van der Waals surface area (Å²) in [5.74, 6) is 0.395. The van der Waals surface area contributed by atoms with Crippen LogP contribution in [0.2, 0.25) is 0 Å². The zero-order valence-corrected chi connectivity index (χ0v) is 12.5. The standard InChI is InChI=1S/C15H26N2O3/c1-10-3-4-12(5-10)7-16-15(20)17-8-11(2)6-13(9-17)14(18)19/h10-13H,3-9H2,1-2H3,(H,16,20)(H,18,19). The van der Waals surface area contributed by atoms with E-state index in [0.717, 1.165) is 12.5 Å². The Hall–Kier alpha value is -1.26. The summed E-state index contributed by atoms with van der Waals surface area (Å²) in [7, 11) is 0. The van der Waals surface area contributed by atoms with Gasteiger partial charge in [0.1, 0.15) is 0 Å². The lowest BCUT2D eigenvalue weighted by Gasteiger charge is -2.34. The Kier molecular flexibility index (Phi) is 4.89. The second-order valence-electron chi connectivity index (χ2n) is 6.75. The fourth-order valence-electron chi connectivity index (χ4n) is 3.55. The van der Waals surface area contributed by atoms with Crippen LogP contribution >= 0.6 is 0 Å². The van der Waals surface area contributed by atoms with E-state index in [1.165, 1.54) is 19.3 Å². The van der Waals surface area contributed by atoms with Gasteiger partial charge in [0.15, 0.2) is 0 Å². The SMILES string of the molecule is CC1CCC(CNC(=O)N2CC(C)CC(C(=O)O)C2)C1. The van der Waals surface area contributed by atoms with E-state index in [2.05, 4.69) is 12.2 Å². The summed E-state index contributed by atoms with van der Waals surface area (Å²) >= 11 is 0. The van der Waals surface area contributed by atoms with Crippen LogP contribution in [0.25, 0.3) is 0 Å². The molecule has 0 radical (unpaired) electrons. The third-order valence-electron chi connectivity index (χ3n) is 4.64. The van der Waals surface area contributed by atoms with E-state index in [1.54, 1.807) is 4.90 Å². The molecule has 1 aliphatic carbocycles. The van der Waals surface area contributed by atoms with Gasteiger partial charge >= 0.3 is 12.0 Å². The minimum Gasteiger partial charge on any atom is -0.481 e. The highest BCUT2D eigenvalue weighted by molar-refractivity contribution is 5.76. The van der Waals surface area contributed by atoms with Gasteiger partial charge < -0.3 is 15.3 Å². The second kappa shape index (κ2) is 6.46. The van der Waals surface area contributed by atoms with E-state index in [-0.39, 0.29) is 11.9 Å². The zero-order valence-electron chi connectivity index (χ0n) is 12.5. The molecule has 2 N–H and O–H groups in total. The minimum atomic E-state index is -0.793. The van der Waals surface area contributed by atoms with Crippen LogP contribution in [0.5, 0.6) is 0 Å². The topological polar surface area (TPSA) is 69.6 Å². The Morgan fingerprint density at radius 2 is 1.90 bits per heavy atom. The van der Waals surface area contributed by atoms with Crippen LogP contribution in [0.3, 0.4) is 0 Å². The monoisotopic (exact) mass is 282 g/mol. The largest absolute Gasteiger partial charge is 0.481 e. The predicted octanol–water partition coefficient (Wildman–Crippen LogP) is 2.17. The van der Waals surface area contributed by atoms with E-state index < -0.39 is 11.9 Å². The summed E-state index contributed by atoms with van der Waals surface area (Å²) in [6.07, 6.45) is 4.30. The average Bonchev–Trinajstić information content (AvgIpc) is 2.81. The molecule has 0 spiro atoms. The molecule has 20 heavy (non-hydrogen) atoms. The smallest absolute Gasteiger partial charge is 0.317 e. The normalized spacial score (nSPS) is 34.0. The van der Waals surface area contributed by atoms with Crippen LogP contribution in [0.15, 0.2) is 0 Å². The molecule has 2 fully saturated rings. The summed E-state index contributed by atoms with van der Waals surface area (Å²) < 4.78 is 0. The number of carbonyl (C=O) groups excluding carboxylic acids is 1. The molecule has 4 unspecified atom stereocenters. The number of carboxylic acid groups (broad SMARTS) is 1. The fraction of sp³-hybridized carbons (Fsp3) is 0.867. The Morgan fingerprint density at radius 1 is 1.15 bits per heavy atom. The molecule has 1 saturated heterocycles. The number of carbonyl (C=O) groups is 2. The summed E-state index contributed by atoms with van der Waals surface area (Å²) in [5, 5.41) is 12.1. The summed E-state index contributed by atoms with van der Waals surface area (Å²) in [4.78, 5) is 25.0. The molecule has 0 aromatic rings. The van der Waals surface area contributed by atoms with Gasteiger partial charge in [-0.3, -0.25) is 4.79 Å². The maximum atomic E-state index is 12.2. The molecule has 0 aromatic carbocycles. The van der Waals surface area contributed by atoms with Crippen LogP contribution in [-0.2, 0) is 4.79 Å². The number of nitrogens with one attached hydrogen (secondary N) is 1. The predicted molar refractivity (Wildman–Crippen MR) is 76.4 cm³/mol. The second-order valence-corrected chi connectivity index (χ2v) is 6.75. The third kappa shape index (κ3) is 3.87. The van der Waals surface area contributed by atoms with Gasteiger partial charge in [-0.2, -0.15) is 0 Å². The molecule has 2 aliphatic rings. The lowest BCUT2D eigenvalue weighted by Crippen LogP contribution is -2.50. The number of rotatable bonds is 3. The van der Waals surface area contributed by atoms with Crippen molar-refractivity contribution in [1.29, 1.82) is 0 Å². The van der Waals surface area contributed by atoms with Gasteiger partial charge in [-0.05, 0) is 37.0 Å². The molecule has 5 nitrogen and oxygen atoms in total. The maximum absolute atomic E-state index is 12.2. The number of likely N-dealkylation sites (tertiary alicyclic amines) is 1. The van der Waals surface area contributed by atoms with Crippen LogP contribution in [-0.4, -0.2) is 41.6 Å². The lowest BCUT2D eigenvalue weighted by molar-refractivity contribution is -0.143. The molecule has 1 saturated carbocycles. The van der Waals surface area contributed by atoms with Crippen molar-refractivity contribution in [2.45, 2.75) is 39.5 Å². The number of carboxylic acids is 1. The van der Waals surface area contributed by atoms with Crippen molar-refractivity contribution in [1.82, 2.24) is 10.2 Å². The molecule has 1 aliphatic heterocycles.